The van der Waals surface area contributed by atoms with Crippen LogP contribution < -0.4 is 14.8 Å². The van der Waals surface area contributed by atoms with E-state index in [1.165, 1.54) is 6.20 Å². The van der Waals surface area contributed by atoms with Gasteiger partial charge in [0.2, 0.25) is 0 Å². The van der Waals surface area contributed by atoms with Gasteiger partial charge in [0.25, 0.3) is 11.8 Å². The first-order valence-electron chi connectivity index (χ1n) is 11.1. The second-order valence-corrected chi connectivity index (χ2v) is 8.99. The van der Waals surface area contributed by atoms with Gasteiger partial charge in [-0.25, -0.2) is 9.67 Å². The number of nitrogens with one attached hydrogen (secondary N) is 1. The molecule has 1 aromatic carbocycles. The van der Waals surface area contributed by atoms with Gasteiger partial charge in [-0.1, -0.05) is 25.9 Å². The molecule has 0 spiro atoms. The number of rotatable bonds is 7. The van der Waals surface area contributed by atoms with Crippen molar-refractivity contribution in [1.29, 1.82) is 0 Å². The molecule has 10 heteroatoms. The van der Waals surface area contributed by atoms with Crippen LogP contribution in [-0.2, 0) is 12.0 Å². The number of aromatic nitrogens is 5. The maximum Gasteiger partial charge on any atom is 0.259 e. The molecule has 0 fully saturated rings. The van der Waals surface area contributed by atoms with Crippen LogP contribution >= 0.6 is 0 Å². The van der Waals surface area contributed by atoms with Crippen molar-refractivity contribution in [2.75, 3.05) is 14.2 Å². The lowest BCUT2D eigenvalue weighted by atomic mass is 9.96. The highest BCUT2D eigenvalue weighted by molar-refractivity contribution is 5.95. The Morgan fingerprint density at radius 3 is 2.54 bits per heavy atom. The second kappa shape index (κ2) is 9.57. The normalized spacial score (nSPS) is 11.4. The van der Waals surface area contributed by atoms with Crippen LogP contribution in [0.2, 0.25) is 0 Å². The van der Waals surface area contributed by atoms with E-state index in [2.05, 4.69) is 25.5 Å². The van der Waals surface area contributed by atoms with Gasteiger partial charge < -0.3 is 19.3 Å². The lowest BCUT2D eigenvalue weighted by molar-refractivity contribution is 0.0950. The summed E-state index contributed by atoms with van der Waals surface area (Å²) >= 11 is 0. The highest BCUT2D eigenvalue weighted by atomic mass is 16.5. The van der Waals surface area contributed by atoms with E-state index in [9.17, 15) is 4.79 Å². The fourth-order valence-electron chi connectivity index (χ4n) is 3.42. The summed E-state index contributed by atoms with van der Waals surface area (Å²) < 4.78 is 17.6. The maximum absolute atomic E-state index is 12.9. The zero-order valence-corrected chi connectivity index (χ0v) is 20.6. The lowest BCUT2D eigenvalue weighted by Crippen LogP contribution is -2.23. The quantitative estimate of drug-likeness (QED) is 0.427. The Hall–Kier alpha value is -4.21. The fourth-order valence-corrected chi connectivity index (χ4v) is 3.42. The van der Waals surface area contributed by atoms with E-state index >= 15 is 0 Å². The number of methoxy groups -OCH3 is 2. The molecule has 3 heterocycles. The molecule has 0 bridgehead atoms. The van der Waals surface area contributed by atoms with Crippen LogP contribution in [0.15, 0.2) is 47.2 Å². The highest BCUT2D eigenvalue weighted by Gasteiger charge is 2.22. The summed E-state index contributed by atoms with van der Waals surface area (Å²) in [6.07, 6.45) is 3.17. The number of carbonyl (C=O) groups excluding carboxylic acids is 1. The van der Waals surface area contributed by atoms with Crippen molar-refractivity contribution in [3.63, 3.8) is 0 Å². The summed E-state index contributed by atoms with van der Waals surface area (Å²) in [5.74, 6) is 2.67. The minimum absolute atomic E-state index is 0.212. The summed E-state index contributed by atoms with van der Waals surface area (Å²) in [6.45, 7) is 8.17. The van der Waals surface area contributed by atoms with Crippen LogP contribution in [-0.4, -0.2) is 45.0 Å². The van der Waals surface area contributed by atoms with Gasteiger partial charge in [0, 0.05) is 29.8 Å². The van der Waals surface area contributed by atoms with Gasteiger partial charge in [-0.2, -0.15) is 10.1 Å². The highest BCUT2D eigenvalue weighted by Crippen LogP contribution is 2.25. The van der Waals surface area contributed by atoms with Crippen molar-refractivity contribution < 1.29 is 18.8 Å². The SMILES string of the molecule is COc1ccc(CNC(=O)c2cnn(-c3ccc(-c4nc(C(C)(C)C)no4)cn3)c2C)c(OC)c1. The molecule has 3 aromatic heterocycles. The van der Waals surface area contributed by atoms with Crippen LogP contribution in [0.1, 0.15) is 48.2 Å². The van der Waals surface area contributed by atoms with E-state index < -0.39 is 0 Å². The van der Waals surface area contributed by atoms with Crippen LogP contribution in [0.3, 0.4) is 0 Å². The molecule has 4 aromatic rings. The zero-order chi connectivity index (χ0) is 25.2. The van der Waals surface area contributed by atoms with Gasteiger partial charge in [0.05, 0.1) is 37.2 Å². The third kappa shape index (κ3) is 5.01. The first-order chi connectivity index (χ1) is 16.7. The van der Waals surface area contributed by atoms with Crippen LogP contribution in [0.5, 0.6) is 11.5 Å². The average Bonchev–Trinajstić information content (AvgIpc) is 3.50. The second-order valence-electron chi connectivity index (χ2n) is 8.99. The number of ether oxygens (including phenoxy) is 2. The summed E-state index contributed by atoms with van der Waals surface area (Å²) in [5, 5.41) is 11.3. The fraction of sp³-hybridized carbons (Fsp3) is 0.320. The van der Waals surface area contributed by atoms with E-state index in [1.54, 1.807) is 37.2 Å². The van der Waals surface area contributed by atoms with Crippen molar-refractivity contribution in [1.82, 2.24) is 30.2 Å². The molecule has 0 aliphatic rings. The molecule has 0 saturated heterocycles. The van der Waals surface area contributed by atoms with E-state index in [-0.39, 0.29) is 11.3 Å². The minimum atomic E-state index is -0.246. The largest absolute Gasteiger partial charge is 0.497 e. The van der Waals surface area contributed by atoms with E-state index in [4.69, 9.17) is 14.0 Å². The first-order valence-corrected chi connectivity index (χ1v) is 11.1. The van der Waals surface area contributed by atoms with E-state index in [0.29, 0.717) is 52.4 Å². The number of nitrogens with zero attached hydrogens (tertiary/aromatic N) is 5. The molecule has 0 aliphatic carbocycles. The summed E-state index contributed by atoms with van der Waals surface area (Å²) in [7, 11) is 3.17. The Bertz CT molecular complexity index is 1330. The molecule has 0 atom stereocenters. The van der Waals surface area contributed by atoms with Crippen molar-refractivity contribution in [2.45, 2.75) is 39.7 Å². The molecular weight excluding hydrogens is 448 g/mol. The maximum atomic E-state index is 12.9. The third-order valence-corrected chi connectivity index (χ3v) is 5.50. The summed E-state index contributed by atoms with van der Waals surface area (Å²) in [5.41, 5.74) is 2.44. The van der Waals surface area contributed by atoms with Crippen molar-refractivity contribution in [2.24, 2.45) is 0 Å². The number of hydrogen-bond acceptors (Lipinski definition) is 8. The molecule has 1 N–H and O–H groups in total. The van der Waals surface area contributed by atoms with Gasteiger partial charge in [-0.3, -0.25) is 4.79 Å². The molecule has 0 radical (unpaired) electrons. The predicted molar refractivity (Wildman–Crippen MR) is 129 cm³/mol. The van der Waals surface area contributed by atoms with Gasteiger partial charge in [0.15, 0.2) is 11.6 Å². The van der Waals surface area contributed by atoms with Gasteiger partial charge >= 0.3 is 0 Å². The van der Waals surface area contributed by atoms with Crippen LogP contribution in [0, 0.1) is 6.92 Å². The van der Waals surface area contributed by atoms with Crippen molar-refractivity contribution in [3.05, 3.63) is 65.4 Å². The van der Waals surface area contributed by atoms with Crippen LogP contribution in [0.4, 0.5) is 0 Å². The third-order valence-electron chi connectivity index (χ3n) is 5.50. The average molecular weight is 477 g/mol. The number of carbonyl (C=O) groups is 1. The minimum Gasteiger partial charge on any atom is -0.497 e. The first kappa shape index (κ1) is 23.9. The summed E-state index contributed by atoms with van der Waals surface area (Å²) in [4.78, 5) is 21.8. The Balaban J connectivity index is 1.48. The molecule has 1 amide bonds. The zero-order valence-electron chi connectivity index (χ0n) is 20.6. The van der Waals surface area contributed by atoms with E-state index in [0.717, 1.165) is 5.56 Å². The molecule has 4 rings (SSSR count). The van der Waals surface area contributed by atoms with Gasteiger partial charge in [-0.15, -0.1) is 0 Å². The van der Waals surface area contributed by atoms with Crippen molar-refractivity contribution >= 4 is 5.91 Å². The Labute approximate surface area is 203 Å². The number of hydrogen-bond donors (Lipinski definition) is 1. The molecule has 10 nitrogen and oxygen atoms in total. The number of benzene rings is 1. The van der Waals surface area contributed by atoms with Crippen molar-refractivity contribution in [3.8, 4) is 28.8 Å². The van der Waals surface area contributed by atoms with E-state index in [1.807, 2.05) is 45.9 Å². The Kier molecular flexibility index (Phi) is 6.54. The molecule has 35 heavy (non-hydrogen) atoms. The molecule has 0 saturated carbocycles. The van der Waals surface area contributed by atoms with Crippen LogP contribution in [0.25, 0.3) is 17.3 Å². The molecule has 182 valence electrons. The molecule has 0 aliphatic heterocycles. The predicted octanol–water partition coefficient (Wildman–Crippen LogP) is 3.87. The number of amides is 1. The monoisotopic (exact) mass is 476 g/mol. The molecule has 0 unspecified atom stereocenters. The number of pyridine rings is 1. The summed E-state index contributed by atoms with van der Waals surface area (Å²) in [6, 6.07) is 9.08. The topological polar surface area (TPSA) is 117 Å². The molecular formula is C25H28N6O4. The van der Waals surface area contributed by atoms with Gasteiger partial charge in [-0.05, 0) is 31.2 Å². The Morgan fingerprint density at radius 1 is 1.11 bits per heavy atom. The standard InChI is InChI=1S/C25H28N6O4/c1-15-19(22(32)27-12-16-7-9-18(33-5)11-20(16)34-6)14-28-31(15)21-10-8-17(13-26-21)23-29-24(30-35-23)25(2,3)4/h7-11,13-14H,12H2,1-6H3,(H,27,32). The lowest BCUT2D eigenvalue weighted by Gasteiger charge is -2.11. The van der Waals surface area contributed by atoms with Gasteiger partial charge in [0.1, 0.15) is 11.5 Å². The Morgan fingerprint density at radius 2 is 1.91 bits per heavy atom. The smallest absolute Gasteiger partial charge is 0.259 e.